The van der Waals surface area contributed by atoms with E-state index in [1.54, 1.807) is 16.6 Å². The molecule has 0 bridgehead atoms. The summed E-state index contributed by atoms with van der Waals surface area (Å²) >= 11 is 0. The van der Waals surface area contributed by atoms with Crippen molar-refractivity contribution >= 4 is 5.91 Å². The zero-order valence-corrected chi connectivity index (χ0v) is 16.3. The summed E-state index contributed by atoms with van der Waals surface area (Å²) in [7, 11) is 3.65. The normalized spacial score (nSPS) is 10.7. The van der Waals surface area contributed by atoms with Crippen LogP contribution < -0.4 is 4.74 Å². The zero-order valence-electron chi connectivity index (χ0n) is 16.3. The number of rotatable bonds is 6. The number of benzene rings is 2. The highest BCUT2D eigenvalue weighted by atomic mass is 16.5. The van der Waals surface area contributed by atoms with Crippen LogP contribution in [0.2, 0.25) is 0 Å². The monoisotopic (exact) mass is 363 g/mol. The van der Waals surface area contributed by atoms with Gasteiger partial charge in [-0.2, -0.15) is 5.10 Å². The highest BCUT2D eigenvalue weighted by molar-refractivity contribution is 5.94. The number of hydrogen-bond donors (Lipinski definition) is 0. The Morgan fingerprint density at radius 3 is 2.70 bits per heavy atom. The Kier molecular flexibility index (Phi) is 5.60. The molecule has 5 nitrogen and oxygen atoms in total. The number of carbonyl (C=O) groups is 1. The van der Waals surface area contributed by atoms with E-state index < -0.39 is 0 Å². The minimum Gasteiger partial charge on any atom is -0.489 e. The molecule has 0 atom stereocenters. The van der Waals surface area contributed by atoms with E-state index in [1.165, 1.54) is 0 Å². The van der Waals surface area contributed by atoms with Crippen LogP contribution in [0.15, 0.2) is 54.7 Å². The number of aryl methyl sites for hydroxylation is 3. The SMILES string of the molecule is Cc1ccc(C)c(OCc2cccc(C(=O)N(C)Cc3ccn(C)n3)c2)c1. The number of aromatic nitrogens is 2. The highest BCUT2D eigenvalue weighted by Crippen LogP contribution is 2.21. The maximum Gasteiger partial charge on any atom is 0.253 e. The van der Waals surface area contributed by atoms with E-state index in [1.807, 2.05) is 63.5 Å². The first kappa shape index (κ1) is 18.7. The Bertz CT molecular complexity index is 946. The molecule has 27 heavy (non-hydrogen) atoms. The molecule has 0 saturated heterocycles. The molecule has 0 saturated carbocycles. The molecule has 2 aromatic carbocycles. The third-order valence-corrected chi connectivity index (χ3v) is 4.43. The van der Waals surface area contributed by atoms with Crippen LogP contribution in [-0.2, 0) is 20.2 Å². The quantitative estimate of drug-likeness (QED) is 0.668. The smallest absolute Gasteiger partial charge is 0.253 e. The molecule has 0 aliphatic carbocycles. The van der Waals surface area contributed by atoms with Crippen LogP contribution in [0.5, 0.6) is 5.75 Å². The average molecular weight is 363 g/mol. The number of amides is 1. The fraction of sp³-hybridized carbons (Fsp3) is 0.273. The van der Waals surface area contributed by atoms with E-state index in [9.17, 15) is 4.79 Å². The molecule has 0 fully saturated rings. The number of ether oxygens (including phenoxy) is 1. The van der Waals surface area contributed by atoms with Crippen molar-refractivity contribution in [2.24, 2.45) is 7.05 Å². The van der Waals surface area contributed by atoms with Crippen molar-refractivity contribution in [3.63, 3.8) is 0 Å². The maximum atomic E-state index is 12.7. The number of carbonyl (C=O) groups excluding carboxylic acids is 1. The van der Waals surface area contributed by atoms with Crippen LogP contribution in [0.3, 0.4) is 0 Å². The predicted molar refractivity (Wildman–Crippen MR) is 106 cm³/mol. The number of nitrogens with zero attached hydrogens (tertiary/aromatic N) is 3. The van der Waals surface area contributed by atoms with Gasteiger partial charge in [0.15, 0.2) is 0 Å². The van der Waals surface area contributed by atoms with Crippen LogP contribution in [0.1, 0.15) is 32.7 Å². The molecule has 0 unspecified atom stereocenters. The van der Waals surface area contributed by atoms with Crippen molar-refractivity contribution in [3.05, 3.63) is 82.7 Å². The highest BCUT2D eigenvalue weighted by Gasteiger charge is 2.14. The van der Waals surface area contributed by atoms with Gasteiger partial charge >= 0.3 is 0 Å². The Labute approximate surface area is 160 Å². The standard InChI is InChI=1S/C22H25N3O2/c1-16-8-9-17(2)21(12-16)27-15-18-6-5-7-19(13-18)22(26)24(3)14-20-10-11-25(4)23-20/h5-13H,14-15H2,1-4H3. The summed E-state index contributed by atoms with van der Waals surface area (Å²) < 4.78 is 7.69. The summed E-state index contributed by atoms with van der Waals surface area (Å²) in [4.78, 5) is 14.4. The first-order valence-electron chi connectivity index (χ1n) is 8.95. The van der Waals surface area contributed by atoms with Crippen molar-refractivity contribution in [1.29, 1.82) is 0 Å². The Morgan fingerprint density at radius 1 is 1.15 bits per heavy atom. The summed E-state index contributed by atoms with van der Waals surface area (Å²) in [6.45, 7) is 4.97. The molecule has 5 heteroatoms. The average Bonchev–Trinajstić information content (AvgIpc) is 3.06. The third kappa shape index (κ3) is 4.76. The molecular formula is C22H25N3O2. The van der Waals surface area contributed by atoms with Crippen molar-refractivity contribution in [2.45, 2.75) is 27.0 Å². The lowest BCUT2D eigenvalue weighted by Gasteiger charge is -2.16. The second-order valence-corrected chi connectivity index (χ2v) is 6.90. The van der Waals surface area contributed by atoms with E-state index in [2.05, 4.69) is 17.2 Å². The molecule has 1 aromatic heterocycles. The topological polar surface area (TPSA) is 47.4 Å². The largest absolute Gasteiger partial charge is 0.489 e. The van der Waals surface area contributed by atoms with Gasteiger partial charge in [-0.25, -0.2) is 0 Å². The lowest BCUT2D eigenvalue weighted by molar-refractivity contribution is 0.0783. The molecule has 1 heterocycles. The molecule has 0 aliphatic rings. The molecule has 0 radical (unpaired) electrons. The summed E-state index contributed by atoms with van der Waals surface area (Å²) in [6.07, 6.45) is 1.87. The van der Waals surface area contributed by atoms with Crippen LogP contribution in [0, 0.1) is 13.8 Å². The van der Waals surface area contributed by atoms with Crippen LogP contribution in [0.4, 0.5) is 0 Å². The Hall–Kier alpha value is -3.08. The molecule has 3 aromatic rings. The van der Waals surface area contributed by atoms with Gasteiger partial charge < -0.3 is 9.64 Å². The molecule has 0 N–H and O–H groups in total. The van der Waals surface area contributed by atoms with Crippen molar-refractivity contribution in [2.75, 3.05) is 7.05 Å². The first-order valence-corrected chi connectivity index (χ1v) is 8.95. The van der Waals surface area contributed by atoms with Gasteiger partial charge in [-0.05, 0) is 54.8 Å². The summed E-state index contributed by atoms with van der Waals surface area (Å²) in [5, 5.41) is 4.33. The molecule has 0 aliphatic heterocycles. The molecule has 1 amide bonds. The van der Waals surface area contributed by atoms with Gasteiger partial charge in [0.05, 0.1) is 12.2 Å². The van der Waals surface area contributed by atoms with E-state index in [-0.39, 0.29) is 5.91 Å². The van der Waals surface area contributed by atoms with E-state index in [0.717, 1.165) is 28.1 Å². The van der Waals surface area contributed by atoms with Gasteiger partial charge in [0.25, 0.3) is 5.91 Å². The van der Waals surface area contributed by atoms with Crippen LogP contribution in [0.25, 0.3) is 0 Å². The van der Waals surface area contributed by atoms with Gasteiger partial charge in [0.1, 0.15) is 12.4 Å². The van der Waals surface area contributed by atoms with Gasteiger partial charge in [0, 0.05) is 25.9 Å². The first-order chi connectivity index (χ1) is 12.9. The fourth-order valence-corrected chi connectivity index (χ4v) is 2.90. The Morgan fingerprint density at radius 2 is 1.96 bits per heavy atom. The summed E-state index contributed by atoms with van der Waals surface area (Å²) in [5.41, 5.74) is 4.74. The lowest BCUT2D eigenvalue weighted by Crippen LogP contribution is -2.26. The van der Waals surface area contributed by atoms with Crippen molar-refractivity contribution < 1.29 is 9.53 Å². The molecule has 3 rings (SSSR count). The summed E-state index contributed by atoms with van der Waals surface area (Å²) in [5.74, 6) is 0.841. The third-order valence-electron chi connectivity index (χ3n) is 4.43. The van der Waals surface area contributed by atoms with Crippen LogP contribution in [-0.4, -0.2) is 27.6 Å². The molecule has 0 spiro atoms. The minimum atomic E-state index is -0.0331. The zero-order chi connectivity index (χ0) is 19.4. The van der Waals surface area contributed by atoms with Crippen LogP contribution >= 0.6 is 0 Å². The van der Waals surface area contributed by atoms with E-state index >= 15 is 0 Å². The Balaban J connectivity index is 1.67. The molecule has 140 valence electrons. The van der Waals surface area contributed by atoms with Crippen molar-refractivity contribution in [3.8, 4) is 5.75 Å². The fourth-order valence-electron chi connectivity index (χ4n) is 2.90. The predicted octanol–water partition coefficient (Wildman–Crippen LogP) is 3.89. The van der Waals surface area contributed by atoms with E-state index in [4.69, 9.17) is 4.74 Å². The second-order valence-electron chi connectivity index (χ2n) is 6.90. The van der Waals surface area contributed by atoms with E-state index in [0.29, 0.717) is 18.7 Å². The van der Waals surface area contributed by atoms with Gasteiger partial charge in [-0.3, -0.25) is 9.48 Å². The minimum absolute atomic E-state index is 0.0331. The van der Waals surface area contributed by atoms with Gasteiger partial charge in [-0.15, -0.1) is 0 Å². The van der Waals surface area contributed by atoms with Crippen molar-refractivity contribution in [1.82, 2.24) is 14.7 Å². The number of hydrogen-bond acceptors (Lipinski definition) is 3. The lowest BCUT2D eigenvalue weighted by atomic mass is 10.1. The van der Waals surface area contributed by atoms with Gasteiger partial charge in [-0.1, -0.05) is 24.3 Å². The summed E-state index contributed by atoms with van der Waals surface area (Å²) in [6, 6.07) is 15.7. The van der Waals surface area contributed by atoms with Gasteiger partial charge in [0.2, 0.25) is 0 Å². The second kappa shape index (κ2) is 8.08. The molecular weight excluding hydrogens is 338 g/mol. The maximum absolute atomic E-state index is 12.7.